The van der Waals surface area contributed by atoms with E-state index in [-0.39, 0.29) is 0 Å². The molecule has 0 saturated carbocycles. The predicted octanol–water partition coefficient (Wildman–Crippen LogP) is 3.42. The van der Waals surface area contributed by atoms with Crippen molar-refractivity contribution in [3.05, 3.63) is 78.3 Å². The molecule has 7 nitrogen and oxygen atoms in total. The fourth-order valence-electron chi connectivity index (χ4n) is 2.70. The summed E-state index contributed by atoms with van der Waals surface area (Å²) < 4.78 is 1.82. The van der Waals surface area contributed by atoms with Crippen LogP contribution in [0.15, 0.2) is 61.3 Å². The first-order valence-corrected chi connectivity index (χ1v) is 8.15. The van der Waals surface area contributed by atoms with Crippen LogP contribution in [0.4, 0.5) is 11.6 Å². The highest BCUT2D eigenvalue weighted by molar-refractivity contribution is 5.78. The van der Waals surface area contributed by atoms with E-state index in [4.69, 9.17) is 6.57 Å². The summed E-state index contributed by atoms with van der Waals surface area (Å²) in [5.41, 5.74) is 3.33. The van der Waals surface area contributed by atoms with E-state index in [1.807, 2.05) is 41.0 Å². The molecule has 0 radical (unpaired) electrons. The summed E-state index contributed by atoms with van der Waals surface area (Å²) >= 11 is 0. The average Bonchev–Trinajstić information content (AvgIpc) is 3.13. The second-order valence-corrected chi connectivity index (χ2v) is 5.65. The van der Waals surface area contributed by atoms with Crippen molar-refractivity contribution in [1.29, 1.82) is 0 Å². The zero-order valence-electron chi connectivity index (χ0n) is 13.9. The molecular formula is C19H15N7. The van der Waals surface area contributed by atoms with E-state index in [2.05, 4.69) is 30.1 Å². The van der Waals surface area contributed by atoms with Gasteiger partial charge in [0.25, 0.3) is 0 Å². The summed E-state index contributed by atoms with van der Waals surface area (Å²) in [6.45, 7) is 8.09. The number of aromatic nitrogens is 5. The lowest BCUT2D eigenvalue weighted by molar-refractivity contribution is 0.955. The molecule has 0 unspecified atom stereocenters. The molecular weight excluding hydrogens is 326 g/mol. The molecule has 0 fully saturated rings. The normalized spacial score (nSPS) is 10.6. The zero-order valence-corrected chi connectivity index (χ0v) is 13.9. The van der Waals surface area contributed by atoms with E-state index in [9.17, 15) is 0 Å². The number of imidazole rings is 1. The fraction of sp³-hybridized carbons (Fsp3) is 0.105. The largest absolute Gasteiger partial charge is 0.354 e. The molecule has 3 heterocycles. The van der Waals surface area contributed by atoms with Gasteiger partial charge >= 0.3 is 0 Å². The second-order valence-electron chi connectivity index (χ2n) is 5.65. The number of hydrogen-bond donors (Lipinski definition) is 1. The first-order chi connectivity index (χ1) is 12.8. The molecule has 126 valence electrons. The average molecular weight is 341 g/mol. The molecule has 0 bridgehead atoms. The van der Waals surface area contributed by atoms with Crippen molar-refractivity contribution < 1.29 is 0 Å². The van der Waals surface area contributed by atoms with E-state index in [0.29, 0.717) is 24.0 Å². The third-order valence-electron chi connectivity index (χ3n) is 4.00. The van der Waals surface area contributed by atoms with Gasteiger partial charge in [-0.05, 0) is 36.2 Å². The maximum absolute atomic E-state index is 7.40. The van der Waals surface area contributed by atoms with Crippen LogP contribution in [-0.4, -0.2) is 31.0 Å². The van der Waals surface area contributed by atoms with Crippen LogP contribution < -0.4 is 5.32 Å². The van der Waals surface area contributed by atoms with Gasteiger partial charge in [-0.2, -0.15) is 0 Å². The van der Waals surface area contributed by atoms with Gasteiger partial charge in [0.1, 0.15) is 12.1 Å². The number of anilines is 1. The first kappa shape index (κ1) is 15.7. The standard InChI is InChI=1S/C19H15N7/c1-20-16-12-23-19(22-11-8-14-6-9-21-10-7-14)25-18(16)26-13-24-15-4-2-3-5-17(15)26/h2-7,9-10,12-13H,8,11H2,(H,22,23,25). The summed E-state index contributed by atoms with van der Waals surface area (Å²) in [6.07, 6.45) is 7.61. The summed E-state index contributed by atoms with van der Waals surface area (Å²) in [5.74, 6) is 1.01. The van der Waals surface area contributed by atoms with Crippen LogP contribution >= 0.6 is 0 Å². The molecule has 1 aromatic carbocycles. The smallest absolute Gasteiger partial charge is 0.247 e. The van der Waals surface area contributed by atoms with Crippen LogP contribution in [0.2, 0.25) is 0 Å². The van der Waals surface area contributed by atoms with E-state index in [0.717, 1.165) is 17.5 Å². The van der Waals surface area contributed by atoms with Crippen LogP contribution in [0.1, 0.15) is 5.56 Å². The molecule has 0 saturated heterocycles. The van der Waals surface area contributed by atoms with Crippen LogP contribution in [0, 0.1) is 6.57 Å². The molecule has 0 spiro atoms. The minimum absolute atomic E-state index is 0.382. The Kier molecular flexibility index (Phi) is 4.23. The first-order valence-electron chi connectivity index (χ1n) is 8.15. The lowest BCUT2D eigenvalue weighted by atomic mass is 10.2. The maximum atomic E-state index is 7.40. The highest BCUT2D eigenvalue weighted by Gasteiger charge is 2.12. The Morgan fingerprint density at radius 1 is 1.08 bits per heavy atom. The zero-order chi connectivity index (χ0) is 17.8. The number of nitrogens with zero attached hydrogens (tertiary/aromatic N) is 6. The molecule has 0 aliphatic heterocycles. The van der Waals surface area contributed by atoms with Gasteiger partial charge < -0.3 is 5.32 Å². The highest BCUT2D eigenvalue weighted by atomic mass is 15.2. The topological polar surface area (TPSA) is 72.9 Å². The van der Waals surface area contributed by atoms with E-state index < -0.39 is 0 Å². The van der Waals surface area contributed by atoms with Gasteiger partial charge in [-0.3, -0.25) is 9.55 Å². The summed E-state index contributed by atoms with van der Waals surface area (Å²) in [4.78, 5) is 20.7. The number of hydrogen-bond acceptors (Lipinski definition) is 5. The minimum Gasteiger partial charge on any atom is -0.354 e. The van der Waals surface area contributed by atoms with Crippen molar-refractivity contribution >= 4 is 22.7 Å². The Bertz CT molecular complexity index is 1080. The van der Waals surface area contributed by atoms with Gasteiger partial charge in [0.2, 0.25) is 11.6 Å². The maximum Gasteiger partial charge on any atom is 0.247 e. The number of nitrogens with one attached hydrogen (secondary N) is 1. The Balaban J connectivity index is 1.61. The highest BCUT2D eigenvalue weighted by Crippen LogP contribution is 2.25. The van der Waals surface area contributed by atoms with Gasteiger partial charge in [-0.25, -0.2) is 19.8 Å². The van der Waals surface area contributed by atoms with E-state index in [1.54, 1.807) is 24.9 Å². The molecule has 7 heteroatoms. The van der Waals surface area contributed by atoms with Crippen LogP contribution in [0.25, 0.3) is 21.7 Å². The third kappa shape index (κ3) is 3.08. The SMILES string of the molecule is [C-]#[N+]c1cnc(NCCc2ccncc2)nc1-n1cnc2ccccc21. The number of pyridine rings is 1. The van der Waals surface area contributed by atoms with Crippen molar-refractivity contribution in [2.45, 2.75) is 6.42 Å². The van der Waals surface area contributed by atoms with Gasteiger partial charge in [0.15, 0.2) is 0 Å². The van der Waals surface area contributed by atoms with Crippen molar-refractivity contribution in [3.8, 4) is 5.82 Å². The Labute approximate surface area is 150 Å². The predicted molar refractivity (Wildman–Crippen MR) is 99.4 cm³/mol. The number of para-hydroxylation sites is 2. The van der Waals surface area contributed by atoms with E-state index in [1.165, 1.54) is 5.56 Å². The molecule has 0 aliphatic rings. The Hall–Kier alpha value is -3.79. The summed E-state index contributed by atoms with van der Waals surface area (Å²) in [6, 6.07) is 11.7. The second kappa shape index (κ2) is 6.99. The molecule has 0 atom stereocenters. The van der Waals surface area contributed by atoms with Crippen molar-refractivity contribution in [1.82, 2.24) is 24.5 Å². The van der Waals surface area contributed by atoms with Crippen molar-refractivity contribution in [2.75, 3.05) is 11.9 Å². The Morgan fingerprint density at radius 3 is 2.77 bits per heavy atom. The summed E-state index contributed by atoms with van der Waals surface area (Å²) in [7, 11) is 0. The van der Waals surface area contributed by atoms with Gasteiger partial charge in [-0.1, -0.05) is 12.1 Å². The molecule has 4 rings (SSSR count). The molecule has 26 heavy (non-hydrogen) atoms. The lowest BCUT2D eigenvalue weighted by Gasteiger charge is -2.09. The van der Waals surface area contributed by atoms with Crippen molar-refractivity contribution in [3.63, 3.8) is 0 Å². The molecule has 3 aromatic heterocycles. The third-order valence-corrected chi connectivity index (χ3v) is 4.00. The minimum atomic E-state index is 0.382. The quantitative estimate of drug-likeness (QED) is 0.563. The molecule has 1 N–H and O–H groups in total. The molecule has 0 aliphatic carbocycles. The van der Waals surface area contributed by atoms with Gasteiger partial charge in [0, 0.05) is 25.1 Å². The van der Waals surface area contributed by atoms with E-state index >= 15 is 0 Å². The number of fused-ring (bicyclic) bond motifs is 1. The monoisotopic (exact) mass is 341 g/mol. The van der Waals surface area contributed by atoms with Crippen LogP contribution in [-0.2, 0) is 6.42 Å². The van der Waals surface area contributed by atoms with Crippen LogP contribution in [0.3, 0.4) is 0 Å². The van der Waals surface area contributed by atoms with Gasteiger partial charge in [0.05, 0.1) is 17.6 Å². The number of rotatable bonds is 5. The molecule has 4 aromatic rings. The lowest BCUT2D eigenvalue weighted by Crippen LogP contribution is -2.09. The van der Waals surface area contributed by atoms with Crippen molar-refractivity contribution in [2.24, 2.45) is 0 Å². The van der Waals surface area contributed by atoms with Gasteiger partial charge in [-0.15, -0.1) is 0 Å². The Morgan fingerprint density at radius 2 is 1.92 bits per heavy atom. The molecule has 0 amide bonds. The summed E-state index contributed by atoms with van der Waals surface area (Å²) in [5, 5.41) is 3.22. The number of benzene rings is 1. The van der Waals surface area contributed by atoms with Crippen LogP contribution in [0.5, 0.6) is 0 Å². The fourth-order valence-corrected chi connectivity index (χ4v) is 2.70.